The third kappa shape index (κ3) is 4.67. The molecule has 1 aromatic heterocycles. The minimum atomic E-state index is -0.0458. The minimum Gasteiger partial charge on any atom is -0.338 e. The highest BCUT2D eigenvalue weighted by Gasteiger charge is 2.27. The van der Waals surface area contributed by atoms with Gasteiger partial charge in [-0.15, -0.1) is 0 Å². The van der Waals surface area contributed by atoms with Crippen LogP contribution in [-0.4, -0.2) is 64.4 Å². The van der Waals surface area contributed by atoms with Crippen LogP contribution in [0.1, 0.15) is 61.1 Å². The summed E-state index contributed by atoms with van der Waals surface area (Å²) in [6.07, 6.45) is 8.41. The molecule has 0 aromatic carbocycles. The van der Waals surface area contributed by atoms with Crippen LogP contribution in [0.25, 0.3) is 0 Å². The van der Waals surface area contributed by atoms with Crippen molar-refractivity contribution in [2.24, 2.45) is 0 Å². The number of nitrogens with zero attached hydrogens (tertiary/aromatic N) is 4. The Morgan fingerprint density at radius 3 is 2.48 bits per heavy atom. The average Bonchev–Trinajstić information content (AvgIpc) is 3.48. The first-order valence-electron chi connectivity index (χ1n) is 9.33. The van der Waals surface area contributed by atoms with Crippen LogP contribution >= 0.6 is 0 Å². The summed E-state index contributed by atoms with van der Waals surface area (Å²) < 4.78 is 0. The number of hydrogen-bond acceptors (Lipinski definition) is 4. The summed E-state index contributed by atoms with van der Waals surface area (Å²) in [7, 11) is 0. The Bertz CT molecular complexity index is 600. The second kappa shape index (κ2) is 8.27. The van der Waals surface area contributed by atoms with Gasteiger partial charge < -0.3 is 15.1 Å². The van der Waals surface area contributed by atoms with E-state index in [1.165, 1.54) is 0 Å². The number of hydrogen-bond donors (Lipinski definition) is 1. The van der Waals surface area contributed by atoms with E-state index < -0.39 is 0 Å². The van der Waals surface area contributed by atoms with Crippen molar-refractivity contribution in [1.82, 2.24) is 25.1 Å². The van der Waals surface area contributed by atoms with Crippen LogP contribution < -0.4 is 5.32 Å². The molecule has 1 aliphatic heterocycles. The monoisotopic (exact) mass is 345 g/mol. The van der Waals surface area contributed by atoms with Crippen LogP contribution in [0, 0.1) is 0 Å². The summed E-state index contributed by atoms with van der Waals surface area (Å²) in [6.45, 7) is 5.25. The zero-order valence-corrected chi connectivity index (χ0v) is 14.9. The van der Waals surface area contributed by atoms with Crippen LogP contribution in [0.5, 0.6) is 0 Å². The van der Waals surface area contributed by atoms with Crippen molar-refractivity contribution < 1.29 is 9.59 Å². The number of carbonyl (C=O) groups excluding carboxylic acids is 2. The molecule has 136 valence electrons. The summed E-state index contributed by atoms with van der Waals surface area (Å²) in [5.74, 6) is 1.29. The molecule has 25 heavy (non-hydrogen) atoms. The number of rotatable bonds is 5. The van der Waals surface area contributed by atoms with Crippen molar-refractivity contribution in [1.29, 1.82) is 0 Å². The van der Waals surface area contributed by atoms with E-state index in [9.17, 15) is 9.59 Å². The molecular weight excluding hydrogens is 318 g/mol. The Morgan fingerprint density at radius 2 is 1.80 bits per heavy atom. The van der Waals surface area contributed by atoms with Gasteiger partial charge in [0.05, 0.1) is 5.56 Å². The van der Waals surface area contributed by atoms with E-state index in [0.29, 0.717) is 44.2 Å². The van der Waals surface area contributed by atoms with Gasteiger partial charge in [0.15, 0.2) is 0 Å². The van der Waals surface area contributed by atoms with E-state index in [1.807, 2.05) is 0 Å². The maximum atomic E-state index is 12.7. The number of urea groups is 1. The smallest absolute Gasteiger partial charge is 0.317 e. The molecule has 2 aliphatic rings. The van der Waals surface area contributed by atoms with E-state index in [2.05, 4.69) is 22.2 Å². The van der Waals surface area contributed by atoms with Crippen molar-refractivity contribution in [3.8, 4) is 0 Å². The highest BCUT2D eigenvalue weighted by atomic mass is 16.2. The van der Waals surface area contributed by atoms with E-state index >= 15 is 0 Å². The number of aromatic nitrogens is 2. The molecule has 7 nitrogen and oxygen atoms in total. The lowest BCUT2D eigenvalue weighted by atomic mass is 10.2. The molecular formula is C18H27N5O2. The summed E-state index contributed by atoms with van der Waals surface area (Å²) in [6, 6.07) is -0.0279. The Balaban J connectivity index is 1.53. The van der Waals surface area contributed by atoms with Gasteiger partial charge in [-0.25, -0.2) is 14.8 Å². The fraction of sp³-hybridized carbons (Fsp3) is 0.667. The molecule has 1 saturated heterocycles. The number of carbonyl (C=O) groups is 2. The zero-order chi connectivity index (χ0) is 17.6. The first-order valence-corrected chi connectivity index (χ1v) is 9.33. The third-order valence-corrected chi connectivity index (χ3v) is 4.74. The molecule has 1 N–H and O–H groups in total. The maximum Gasteiger partial charge on any atom is 0.317 e. The Hall–Kier alpha value is -2.18. The van der Waals surface area contributed by atoms with Crippen molar-refractivity contribution in [2.75, 3.05) is 32.7 Å². The number of amides is 3. The molecule has 2 heterocycles. The van der Waals surface area contributed by atoms with E-state index in [4.69, 9.17) is 0 Å². The normalized spacial score (nSPS) is 18.0. The molecule has 0 radical (unpaired) electrons. The highest BCUT2D eigenvalue weighted by Crippen LogP contribution is 2.37. The molecule has 0 unspecified atom stereocenters. The van der Waals surface area contributed by atoms with Gasteiger partial charge in [-0.2, -0.15) is 0 Å². The topological polar surface area (TPSA) is 78.4 Å². The van der Waals surface area contributed by atoms with E-state index in [0.717, 1.165) is 37.9 Å². The van der Waals surface area contributed by atoms with Gasteiger partial charge in [-0.05, 0) is 25.7 Å². The summed E-state index contributed by atoms with van der Waals surface area (Å²) in [5.41, 5.74) is 0.533. The van der Waals surface area contributed by atoms with Gasteiger partial charge >= 0.3 is 6.03 Å². The lowest BCUT2D eigenvalue weighted by Crippen LogP contribution is -2.42. The average molecular weight is 345 g/mol. The number of unbranched alkanes of at least 4 members (excludes halogenated alkanes) is 1. The molecule has 0 spiro atoms. The first-order chi connectivity index (χ1) is 12.2. The Kier molecular flexibility index (Phi) is 5.83. The first kappa shape index (κ1) is 17.6. The van der Waals surface area contributed by atoms with Crippen LogP contribution in [0.15, 0.2) is 12.4 Å². The molecule has 3 rings (SSSR count). The molecule has 1 aromatic rings. The Labute approximate surface area is 148 Å². The molecule has 3 amide bonds. The molecule has 0 atom stereocenters. The summed E-state index contributed by atoms with van der Waals surface area (Å²) in [4.78, 5) is 37.1. The van der Waals surface area contributed by atoms with Crippen molar-refractivity contribution >= 4 is 11.9 Å². The van der Waals surface area contributed by atoms with Gasteiger partial charge in [-0.3, -0.25) is 4.79 Å². The second-order valence-electron chi connectivity index (χ2n) is 6.82. The lowest BCUT2D eigenvalue weighted by molar-refractivity contribution is 0.0761. The fourth-order valence-corrected chi connectivity index (χ4v) is 2.99. The van der Waals surface area contributed by atoms with Crippen LogP contribution in [0.3, 0.4) is 0 Å². The van der Waals surface area contributed by atoms with Gasteiger partial charge in [0.25, 0.3) is 5.91 Å². The van der Waals surface area contributed by atoms with Gasteiger partial charge in [0.1, 0.15) is 5.82 Å². The van der Waals surface area contributed by atoms with Crippen LogP contribution in [0.4, 0.5) is 4.79 Å². The molecule has 1 aliphatic carbocycles. The maximum absolute atomic E-state index is 12.7. The van der Waals surface area contributed by atoms with E-state index in [-0.39, 0.29) is 11.9 Å². The SMILES string of the molecule is CCCCNC(=O)N1CCCN(C(=O)c2cnc(C3CC3)nc2)CC1. The van der Waals surface area contributed by atoms with Crippen LogP contribution in [0.2, 0.25) is 0 Å². The molecule has 2 fully saturated rings. The minimum absolute atomic E-state index is 0.0279. The van der Waals surface area contributed by atoms with Crippen molar-refractivity contribution in [3.63, 3.8) is 0 Å². The van der Waals surface area contributed by atoms with Gasteiger partial charge in [0.2, 0.25) is 0 Å². The lowest BCUT2D eigenvalue weighted by Gasteiger charge is -2.22. The zero-order valence-electron chi connectivity index (χ0n) is 14.9. The largest absolute Gasteiger partial charge is 0.338 e. The third-order valence-electron chi connectivity index (χ3n) is 4.74. The van der Waals surface area contributed by atoms with Gasteiger partial charge in [0, 0.05) is 51.0 Å². The standard InChI is InChI=1S/C18H27N5O2/c1-2-3-7-19-18(25)23-9-4-8-22(10-11-23)17(24)15-12-20-16(21-13-15)14-5-6-14/h12-14H,2-11H2,1H3,(H,19,25). The quantitative estimate of drug-likeness (QED) is 0.828. The molecule has 0 bridgehead atoms. The predicted molar refractivity (Wildman–Crippen MR) is 94.4 cm³/mol. The summed E-state index contributed by atoms with van der Waals surface area (Å²) >= 11 is 0. The van der Waals surface area contributed by atoms with Crippen LogP contribution in [-0.2, 0) is 0 Å². The highest BCUT2D eigenvalue weighted by molar-refractivity contribution is 5.93. The molecule has 1 saturated carbocycles. The number of nitrogens with one attached hydrogen (secondary N) is 1. The predicted octanol–water partition coefficient (Wildman–Crippen LogP) is 2.01. The van der Waals surface area contributed by atoms with Crippen molar-refractivity contribution in [2.45, 2.75) is 44.9 Å². The summed E-state index contributed by atoms with van der Waals surface area (Å²) in [5, 5.41) is 2.94. The molecule has 7 heteroatoms. The van der Waals surface area contributed by atoms with E-state index in [1.54, 1.807) is 22.2 Å². The fourth-order valence-electron chi connectivity index (χ4n) is 2.99. The Morgan fingerprint density at radius 1 is 1.12 bits per heavy atom. The second-order valence-corrected chi connectivity index (χ2v) is 6.82. The van der Waals surface area contributed by atoms with Crippen molar-refractivity contribution in [3.05, 3.63) is 23.8 Å². The van der Waals surface area contributed by atoms with Gasteiger partial charge in [-0.1, -0.05) is 13.3 Å².